The minimum atomic E-state index is -0.440. The Bertz CT molecular complexity index is 843. The Labute approximate surface area is 144 Å². The number of nitriles is 1. The highest BCUT2D eigenvalue weighted by atomic mass is 35.5. The lowest BCUT2D eigenvalue weighted by Gasteiger charge is -2.33. The van der Waals surface area contributed by atoms with Gasteiger partial charge in [-0.05, 0) is 43.2 Å². The number of nitrogens with zero attached hydrogens (tertiary/aromatic N) is 3. The van der Waals surface area contributed by atoms with Crippen molar-refractivity contribution in [2.24, 2.45) is 0 Å². The maximum atomic E-state index is 13.9. The highest BCUT2D eigenvalue weighted by Gasteiger charge is 2.45. The zero-order valence-corrected chi connectivity index (χ0v) is 13.7. The van der Waals surface area contributed by atoms with Crippen molar-refractivity contribution < 1.29 is 9.13 Å². The monoisotopic (exact) mass is 343 g/mol. The smallest absolute Gasteiger partial charge is 0.143 e. The normalized spacial score (nSPS) is 18.5. The summed E-state index contributed by atoms with van der Waals surface area (Å²) in [6, 6.07) is 10.5. The topological polar surface area (TPSA) is 49.1 Å². The van der Waals surface area contributed by atoms with Crippen molar-refractivity contribution in [2.45, 2.75) is 18.3 Å². The largest absolute Gasteiger partial charge is 0.381 e. The molecule has 122 valence electrons. The van der Waals surface area contributed by atoms with Crippen LogP contribution in [0.2, 0.25) is 5.02 Å². The Morgan fingerprint density at radius 2 is 2.04 bits per heavy atom. The van der Waals surface area contributed by atoms with E-state index in [0.717, 1.165) is 29.9 Å². The van der Waals surface area contributed by atoms with Gasteiger partial charge in [0.2, 0.25) is 0 Å². The number of benzene rings is 1. The standard InChI is InChI=1S/C18H15ClFN3O/c19-14-3-2-13(9-15(14)20)23-11-18(5-7-24-8-6-18)17-16(23)4-1-12(10-21)22-17/h1-4,9H,5-8,11H2. The molecular formula is C18H15ClFN3O. The van der Waals surface area contributed by atoms with Gasteiger partial charge >= 0.3 is 0 Å². The van der Waals surface area contributed by atoms with Crippen molar-refractivity contribution in [3.8, 4) is 6.07 Å². The summed E-state index contributed by atoms with van der Waals surface area (Å²) < 4.78 is 19.4. The van der Waals surface area contributed by atoms with Crippen LogP contribution >= 0.6 is 11.6 Å². The second-order valence-corrected chi connectivity index (χ2v) is 6.66. The summed E-state index contributed by atoms with van der Waals surface area (Å²) in [7, 11) is 0. The molecule has 4 rings (SSSR count). The molecule has 24 heavy (non-hydrogen) atoms. The van der Waals surface area contributed by atoms with Crippen LogP contribution in [0.15, 0.2) is 30.3 Å². The maximum absolute atomic E-state index is 13.9. The fourth-order valence-electron chi connectivity index (χ4n) is 3.63. The first kappa shape index (κ1) is 15.4. The third-order valence-corrected chi connectivity index (χ3v) is 5.21. The predicted molar refractivity (Wildman–Crippen MR) is 89.1 cm³/mol. The Balaban J connectivity index is 1.84. The second kappa shape index (κ2) is 5.73. The number of hydrogen-bond donors (Lipinski definition) is 0. The Kier molecular flexibility index (Phi) is 3.67. The van der Waals surface area contributed by atoms with E-state index in [4.69, 9.17) is 16.3 Å². The molecule has 2 aliphatic heterocycles. The zero-order chi connectivity index (χ0) is 16.7. The van der Waals surface area contributed by atoms with Gasteiger partial charge in [0.05, 0.1) is 16.4 Å². The maximum Gasteiger partial charge on any atom is 0.143 e. The van der Waals surface area contributed by atoms with Crippen LogP contribution in [0.3, 0.4) is 0 Å². The van der Waals surface area contributed by atoms with E-state index in [0.29, 0.717) is 25.5 Å². The van der Waals surface area contributed by atoms with E-state index in [1.54, 1.807) is 12.1 Å². The number of fused-ring (bicyclic) bond motifs is 2. The number of anilines is 2. The van der Waals surface area contributed by atoms with Crippen molar-refractivity contribution in [3.05, 3.63) is 52.6 Å². The summed E-state index contributed by atoms with van der Waals surface area (Å²) in [6.07, 6.45) is 1.68. The van der Waals surface area contributed by atoms with Crippen LogP contribution in [0.5, 0.6) is 0 Å². The quantitative estimate of drug-likeness (QED) is 0.786. The summed E-state index contributed by atoms with van der Waals surface area (Å²) in [5.41, 5.74) is 2.84. The molecule has 0 radical (unpaired) electrons. The third kappa shape index (κ3) is 2.34. The molecule has 1 spiro atoms. The van der Waals surface area contributed by atoms with Gasteiger partial charge in [-0.3, -0.25) is 0 Å². The molecule has 0 bridgehead atoms. The van der Waals surface area contributed by atoms with E-state index < -0.39 is 5.82 Å². The Morgan fingerprint density at radius 3 is 2.75 bits per heavy atom. The molecule has 0 aliphatic carbocycles. The molecule has 0 atom stereocenters. The van der Waals surface area contributed by atoms with E-state index in [-0.39, 0.29) is 10.4 Å². The predicted octanol–water partition coefficient (Wildman–Crippen LogP) is 3.95. The summed E-state index contributed by atoms with van der Waals surface area (Å²) in [4.78, 5) is 6.65. The molecule has 6 heteroatoms. The number of pyridine rings is 1. The van der Waals surface area contributed by atoms with Crippen molar-refractivity contribution in [2.75, 3.05) is 24.7 Å². The molecule has 3 heterocycles. The van der Waals surface area contributed by atoms with Gasteiger partial charge in [-0.2, -0.15) is 5.26 Å². The summed E-state index contributed by atoms with van der Waals surface area (Å²) >= 11 is 5.81. The Hall–Kier alpha value is -2.16. The van der Waals surface area contributed by atoms with Crippen LogP contribution in [0.25, 0.3) is 0 Å². The average Bonchev–Trinajstić information content (AvgIpc) is 2.91. The minimum absolute atomic E-state index is 0.108. The lowest BCUT2D eigenvalue weighted by Crippen LogP contribution is -2.38. The van der Waals surface area contributed by atoms with Crippen molar-refractivity contribution in [1.29, 1.82) is 5.26 Å². The average molecular weight is 344 g/mol. The second-order valence-electron chi connectivity index (χ2n) is 6.25. The molecule has 1 fully saturated rings. The first-order valence-electron chi connectivity index (χ1n) is 7.85. The molecule has 1 aromatic carbocycles. The van der Waals surface area contributed by atoms with Gasteiger partial charge in [0.25, 0.3) is 0 Å². The molecule has 1 saturated heterocycles. The van der Waals surface area contributed by atoms with Crippen molar-refractivity contribution in [3.63, 3.8) is 0 Å². The fraction of sp³-hybridized carbons (Fsp3) is 0.333. The zero-order valence-electron chi connectivity index (χ0n) is 12.9. The molecule has 1 aromatic heterocycles. The molecule has 0 saturated carbocycles. The third-order valence-electron chi connectivity index (χ3n) is 4.91. The van der Waals surface area contributed by atoms with Gasteiger partial charge in [0.1, 0.15) is 17.6 Å². The molecule has 2 aromatic rings. The van der Waals surface area contributed by atoms with Crippen LogP contribution < -0.4 is 4.90 Å². The molecule has 0 N–H and O–H groups in total. The highest BCUT2D eigenvalue weighted by molar-refractivity contribution is 6.30. The van der Waals surface area contributed by atoms with Crippen molar-refractivity contribution in [1.82, 2.24) is 4.98 Å². The van der Waals surface area contributed by atoms with Gasteiger partial charge < -0.3 is 9.64 Å². The molecule has 0 amide bonds. The molecule has 2 aliphatic rings. The number of aromatic nitrogens is 1. The van der Waals surface area contributed by atoms with E-state index >= 15 is 0 Å². The van der Waals surface area contributed by atoms with E-state index in [9.17, 15) is 9.65 Å². The van der Waals surface area contributed by atoms with E-state index in [1.165, 1.54) is 6.07 Å². The number of rotatable bonds is 1. The minimum Gasteiger partial charge on any atom is -0.381 e. The summed E-state index contributed by atoms with van der Waals surface area (Å²) in [5, 5.41) is 9.30. The first-order valence-corrected chi connectivity index (χ1v) is 8.23. The van der Waals surface area contributed by atoms with Gasteiger partial charge in [-0.25, -0.2) is 9.37 Å². The molecular weight excluding hydrogens is 329 g/mol. The molecule has 4 nitrogen and oxygen atoms in total. The lowest BCUT2D eigenvalue weighted by molar-refractivity contribution is 0.0545. The van der Waals surface area contributed by atoms with Gasteiger partial charge in [-0.1, -0.05) is 11.6 Å². The van der Waals surface area contributed by atoms with E-state index in [2.05, 4.69) is 16.0 Å². The summed E-state index contributed by atoms with van der Waals surface area (Å²) in [5.74, 6) is -0.440. The first-order chi connectivity index (χ1) is 11.6. The van der Waals surface area contributed by atoms with Gasteiger partial charge in [-0.15, -0.1) is 0 Å². The SMILES string of the molecule is N#Cc1ccc2c(n1)C1(CCOCC1)CN2c1ccc(Cl)c(F)c1. The number of ether oxygens (including phenoxy) is 1. The lowest BCUT2D eigenvalue weighted by atomic mass is 9.78. The van der Waals surface area contributed by atoms with Crippen LogP contribution in [-0.4, -0.2) is 24.7 Å². The van der Waals surface area contributed by atoms with Crippen molar-refractivity contribution >= 4 is 23.0 Å². The summed E-state index contributed by atoms with van der Waals surface area (Å²) in [6.45, 7) is 2.04. The van der Waals surface area contributed by atoms with Crippen LogP contribution in [0.4, 0.5) is 15.8 Å². The van der Waals surface area contributed by atoms with E-state index in [1.807, 2.05) is 12.1 Å². The molecule has 0 unspecified atom stereocenters. The highest BCUT2D eigenvalue weighted by Crippen LogP contribution is 2.48. The Morgan fingerprint density at radius 1 is 1.25 bits per heavy atom. The number of hydrogen-bond acceptors (Lipinski definition) is 4. The van der Waals surface area contributed by atoms with Crippen LogP contribution in [-0.2, 0) is 10.2 Å². The van der Waals surface area contributed by atoms with Gasteiger partial charge in [0, 0.05) is 30.9 Å². The van der Waals surface area contributed by atoms with Gasteiger partial charge in [0.15, 0.2) is 0 Å². The fourth-order valence-corrected chi connectivity index (χ4v) is 3.74. The number of halogens is 2. The van der Waals surface area contributed by atoms with Crippen LogP contribution in [0, 0.1) is 17.1 Å². The van der Waals surface area contributed by atoms with Crippen LogP contribution in [0.1, 0.15) is 24.2 Å².